The number of carbonyl (C=O) groups is 3. The molecule has 2 aliphatic rings. The summed E-state index contributed by atoms with van der Waals surface area (Å²) in [6.45, 7) is 3.51. The van der Waals surface area contributed by atoms with E-state index in [-0.39, 0.29) is 18.4 Å². The molecule has 20 heavy (non-hydrogen) atoms. The van der Waals surface area contributed by atoms with E-state index in [1.165, 1.54) is 4.90 Å². The largest absolute Gasteiger partial charge is 0.481 e. The zero-order chi connectivity index (χ0) is 14.7. The molecule has 2 saturated heterocycles. The van der Waals surface area contributed by atoms with Crippen LogP contribution in [-0.2, 0) is 9.59 Å². The van der Waals surface area contributed by atoms with Crippen molar-refractivity contribution >= 4 is 17.9 Å². The lowest BCUT2D eigenvalue weighted by atomic mass is 10.1. The Labute approximate surface area is 117 Å². The van der Waals surface area contributed by atoms with Crippen molar-refractivity contribution in [1.29, 1.82) is 0 Å². The summed E-state index contributed by atoms with van der Waals surface area (Å²) in [7, 11) is 1.99. The van der Waals surface area contributed by atoms with Crippen molar-refractivity contribution in [3.63, 3.8) is 0 Å². The molecule has 1 atom stereocenters. The molecule has 112 valence electrons. The highest BCUT2D eigenvalue weighted by Gasteiger charge is 2.37. The average Bonchev–Trinajstić information content (AvgIpc) is 2.41. The Hall–Kier alpha value is -1.83. The molecule has 2 fully saturated rings. The normalized spacial score (nSPS) is 24.4. The van der Waals surface area contributed by atoms with Gasteiger partial charge in [-0.1, -0.05) is 0 Å². The van der Waals surface area contributed by atoms with Crippen LogP contribution >= 0.6 is 0 Å². The van der Waals surface area contributed by atoms with Crippen molar-refractivity contribution in [2.45, 2.75) is 12.5 Å². The molecular formula is C12H20N4O4. The third kappa shape index (κ3) is 3.19. The number of aliphatic carboxylic acids is 1. The summed E-state index contributed by atoms with van der Waals surface area (Å²) < 4.78 is 0. The van der Waals surface area contributed by atoms with Crippen LogP contribution in [-0.4, -0.2) is 90.1 Å². The van der Waals surface area contributed by atoms with Crippen LogP contribution in [0.4, 0.5) is 4.79 Å². The number of piperazine rings is 2. The SMILES string of the molecule is CN1CCN(C(=O)N2CCNC(=O)C2CC(=O)O)CC1. The lowest BCUT2D eigenvalue weighted by Crippen LogP contribution is -2.62. The third-order valence-electron chi connectivity index (χ3n) is 3.72. The van der Waals surface area contributed by atoms with Gasteiger partial charge in [-0.15, -0.1) is 0 Å². The Kier molecular flexibility index (Phi) is 4.43. The van der Waals surface area contributed by atoms with E-state index in [4.69, 9.17) is 5.11 Å². The number of urea groups is 1. The lowest BCUT2D eigenvalue weighted by molar-refractivity contribution is -0.142. The van der Waals surface area contributed by atoms with Crippen LogP contribution in [0.3, 0.4) is 0 Å². The van der Waals surface area contributed by atoms with Crippen LogP contribution in [0.1, 0.15) is 6.42 Å². The molecule has 3 amide bonds. The number of likely N-dealkylation sites (N-methyl/N-ethyl adjacent to an activating group) is 1. The highest BCUT2D eigenvalue weighted by molar-refractivity contribution is 5.91. The first-order chi connectivity index (χ1) is 9.49. The van der Waals surface area contributed by atoms with Crippen molar-refractivity contribution < 1.29 is 19.5 Å². The molecule has 0 radical (unpaired) electrons. The van der Waals surface area contributed by atoms with Gasteiger partial charge in [-0.3, -0.25) is 9.59 Å². The standard InChI is InChI=1S/C12H20N4O4/c1-14-4-6-15(7-5-14)12(20)16-3-2-13-11(19)9(16)8-10(17)18/h9H,2-8H2,1H3,(H,13,19)(H,17,18). The Morgan fingerprint density at radius 3 is 2.50 bits per heavy atom. The van der Waals surface area contributed by atoms with E-state index in [1.54, 1.807) is 4.90 Å². The van der Waals surface area contributed by atoms with Gasteiger partial charge < -0.3 is 25.1 Å². The molecule has 1 unspecified atom stereocenters. The minimum atomic E-state index is -1.08. The van der Waals surface area contributed by atoms with E-state index in [1.807, 2.05) is 7.05 Å². The van der Waals surface area contributed by atoms with Crippen molar-refractivity contribution in [2.75, 3.05) is 46.3 Å². The second kappa shape index (κ2) is 6.08. The Morgan fingerprint density at radius 2 is 1.90 bits per heavy atom. The number of amides is 3. The summed E-state index contributed by atoms with van der Waals surface area (Å²) >= 11 is 0. The van der Waals surface area contributed by atoms with Gasteiger partial charge in [0.25, 0.3) is 0 Å². The van der Waals surface area contributed by atoms with Gasteiger partial charge in [-0.05, 0) is 7.05 Å². The minimum absolute atomic E-state index is 0.237. The highest BCUT2D eigenvalue weighted by atomic mass is 16.4. The summed E-state index contributed by atoms with van der Waals surface area (Å²) in [5, 5.41) is 11.5. The molecule has 0 saturated carbocycles. The zero-order valence-electron chi connectivity index (χ0n) is 11.5. The van der Waals surface area contributed by atoms with Crippen LogP contribution < -0.4 is 5.32 Å². The van der Waals surface area contributed by atoms with Gasteiger partial charge in [0.15, 0.2) is 0 Å². The fraction of sp³-hybridized carbons (Fsp3) is 0.750. The molecule has 0 aliphatic carbocycles. The number of nitrogens with one attached hydrogen (secondary N) is 1. The fourth-order valence-electron chi connectivity index (χ4n) is 2.49. The van der Waals surface area contributed by atoms with Crippen molar-refractivity contribution in [1.82, 2.24) is 20.0 Å². The monoisotopic (exact) mass is 284 g/mol. The van der Waals surface area contributed by atoms with Gasteiger partial charge in [0.05, 0.1) is 6.42 Å². The summed E-state index contributed by atoms with van der Waals surface area (Å²) in [4.78, 5) is 40.3. The molecule has 8 heteroatoms. The number of carboxylic acid groups (broad SMARTS) is 1. The van der Waals surface area contributed by atoms with Crippen LogP contribution in [0.25, 0.3) is 0 Å². The summed E-state index contributed by atoms with van der Waals surface area (Å²) in [6, 6.07) is -1.15. The Morgan fingerprint density at radius 1 is 1.25 bits per heavy atom. The van der Waals surface area contributed by atoms with Crippen LogP contribution in [0.5, 0.6) is 0 Å². The zero-order valence-corrected chi connectivity index (χ0v) is 11.5. The first-order valence-electron chi connectivity index (χ1n) is 6.72. The van der Waals surface area contributed by atoms with Gasteiger partial charge in [0.2, 0.25) is 5.91 Å². The average molecular weight is 284 g/mol. The molecule has 0 aromatic carbocycles. The van der Waals surface area contributed by atoms with E-state index >= 15 is 0 Å². The van der Waals surface area contributed by atoms with Crippen molar-refractivity contribution in [3.05, 3.63) is 0 Å². The second-order valence-corrected chi connectivity index (χ2v) is 5.17. The number of carbonyl (C=O) groups excluding carboxylic acids is 2. The van der Waals surface area contributed by atoms with Gasteiger partial charge in [-0.2, -0.15) is 0 Å². The summed E-state index contributed by atoms with van der Waals surface area (Å²) in [5.41, 5.74) is 0. The second-order valence-electron chi connectivity index (χ2n) is 5.17. The van der Waals surface area contributed by atoms with Crippen LogP contribution in [0.2, 0.25) is 0 Å². The molecule has 0 aromatic heterocycles. The number of rotatable bonds is 2. The van der Waals surface area contributed by atoms with Gasteiger partial charge in [0.1, 0.15) is 6.04 Å². The predicted octanol–water partition coefficient (Wildman–Crippen LogP) is -1.37. The van der Waals surface area contributed by atoms with Crippen molar-refractivity contribution in [2.24, 2.45) is 0 Å². The minimum Gasteiger partial charge on any atom is -0.481 e. The number of nitrogens with zero attached hydrogens (tertiary/aromatic N) is 3. The maximum atomic E-state index is 12.5. The lowest BCUT2D eigenvalue weighted by Gasteiger charge is -2.40. The predicted molar refractivity (Wildman–Crippen MR) is 70.2 cm³/mol. The molecule has 2 rings (SSSR count). The first kappa shape index (κ1) is 14.6. The molecule has 2 aliphatic heterocycles. The number of hydrogen-bond donors (Lipinski definition) is 2. The molecule has 0 spiro atoms. The van der Waals surface area contributed by atoms with Gasteiger partial charge in [-0.25, -0.2) is 4.79 Å². The fourth-order valence-corrected chi connectivity index (χ4v) is 2.49. The Balaban J connectivity index is 2.05. The summed E-state index contributed by atoms with van der Waals surface area (Å²) in [5.74, 6) is -1.47. The van der Waals surface area contributed by atoms with Crippen LogP contribution in [0, 0.1) is 0 Å². The van der Waals surface area contributed by atoms with E-state index < -0.39 is 12.0 Å². The quantitative estimate of drug-likeness (QED) is 0.652. The van der Waals surface area contributed by atoms with E-state index in [0.29, 0.717) is 26.2 Å². The van der Waals surface area contributed by atoms with E-state index in [2.05, 4.69) is 10.2 Å². The van der Waals surface area contributed by atoms with Gasteiger partial charge in [0, 0.05) is 39.3 Å². The highest BCUT2D eigenvalue weighted by Crippen LogP contribution is 2.13. The molecule has 8 nitrogen and oxygen atoms in total. The van der Waals surface area contributed by atoms with E-state index in [0.717, 1.165) is 13.1 Å². The number of hydrogen-bond acceptors (Lipinski definition) is 4. The molecule has 0 aromatic rings. The molecule has 0 bridgehead atoms. The smallest absolute Gasteiger partial charge is 0.320 e. The topological polar surface area (TPSA) is 93.2 Å². The molecule has 2 N–H and O–H groups in total. The Bertz CT molecular complexity index is 406. The van der Waals surface area contributed by atoms with Gasteiger partial charge >= 0.3 is 12.0 Å². The molecular weight excluding hydrogens is 264 g/mol. The van der Waals surface area contributed by atoms with E-state index in [9.17, 15) is 14.4 Å². The third-order valence-corrected chi connectivity index (χ3v) is 3.72. The maximum absolute atomic E-state index is 12.5. The molecule has 2 heterocycles. The van der Waals surface area contributed by atoms with Crippen molar-refractivity contribution in [3.8, 4) is 0 Å². The maximum Gasteiger partial charge on any atom is 0.320 e. The first-order valence-corrected chi connectivity index (χ1v) is 6.72. The summed E-state index contributed by atoms with van der Waals surface area (Å²) in [6.07, 6.45) is -0.356. The number of carboxylic acids is 1. The van der Waals surface area contributed by atoms with Crippen LogP contribution in [0.15, 0.2) is 0 Å².